The van der Waals surface area contributed by atoms with Crippen LogP contribution in [0.1, 0.15) is 37.0 Å². The molecule has 2 bridgehead atoms. The minimum atomic E-state index is -0.590. The third-order valence-corrected chi connectivity index (χ3v) is 8.91. The van der Waals surface area contributed by atoms with Crippen LogP contribution in [0.3, 0.4) is 0 Å². The van der Waals surface area contributed by atoms with Gasteiger partial charge in [0.25, 0.3) is 0 Å². The standard InChI is InChI=1S/C31H26O5/c1-15(2)30(33)35-29-22-14-24(32)26-21(22)13-23(29)27(26)31(34)36-28-19-10-4-3-9-17(19)18-11-5-7-16-8-6-12-20(28)25(16)18/h3-12,21-23,26-29H,1,13-14H2,2H3. The van der Waals surface area contributed by atoms with E-state index in [4.69, 9.17) is 9.47 Å². The smallest absolute Gasteiger partial charge is 0.333 e. The van der Waals surface area contributed by atoms with Gasteiger partial charge < -0.3 is 9.47 Å². The van der Waals surface area contributed by atoms with Gasteiger partial charge in [-0.2, -0.15) is 0 Å². The first-order valence-electron chi connectivity index (χ1n) is 12.6. The molecule has 0 radical (unpaired) electrons. The van der Waals surface area contributed by atoms with Gasteiger partial charge in [-0.15, -0.1) is 0 Å². The molecule has 7 unspecified atom stereocenters. The number of benzene rings is 3. The first-order valence-corrected chi connectivity index (χ1v) is 12.6. The molecular weight excluding hydrogens is 452 g/mol. The fourth-order valence-electron chi connectivity index (χ4n) is 7.55. The molecule has 0 saturated heterocycles. The van der Waals surface area contributed by atoms with E-state index in [-0.39, 0.29) is 35.4 Å². The lowest BCUT2D eigenvalue weighted by Gasteiger charge is -2.34. The number of carbonyl (C=O) groups excluding carboxylic acids is 3. The third-order valence-electron chi connectivity index (χ3n) is 8.91. The Hall–Kier alpha value is -3.73. The molecule has 3 aromatic rings. The van der Waals surface area contributed by atoms with Crippen molar-refractivity contribution in [2.45, 2.75) is 32.0 Å². The Kier molecular flexibility index (Phi) is 4.57. The topological polar surface area (TPSA) is 69.7 Å². The van der Waals surface area contributed by atoms with Crippen LogP contribution >= 0.6 is 0 Å². The lowest BCUT2D eigenvalue weighted by molar-refractivity contribution is -0.165. The van der Waals surface area contributed by atoms with Crippen LogP contribution in [0.4, 0.5) is 0 Å². The second-order valence-electron chi connectivity index (χ2n) is 10.8. The van der Waals surface area contributed by atoms with Crippen LogP contribution in [-0.2, 0) is 23.9 Å². The molecule has 0 heterocycles. The average molecular weight is 479 g/mol. The summed E-state index contributed by atoms with van der Waals surface area (Å²) in [7, 11) is 0. The van der Waals surface area contributed by atoms with Crippen molar-refractivity contribution < 1.29 is 23.9 Å². The Morgan fingerprint density at radius 1 is 0.861 bits per heavy atom. The molecule has 0 amide bonds. The minimum absolute atomic E-state index is 0.00381. The number of hydrogen-bond donors (Lipinski definition) is 0. The Morgan fingerprint density at radius 2 is 1.58 bits per heavy atom. The normalized spacial score (nSPS) is 30.8. The summed E-state index contributed by atoms with van der Waals surface area (Å²) in [6.45, 7) is 5.31. The molecule has 7 rings (SSSR count). The molecule has 0 spiro atoms. The molecule has 180 valence electrons. The molecule has 3 fully saturated rings. The number of Topliss-reactive ketones (excluding diaryl/α,β-unsaturated/α-hetero) is 1. The fraction of sp³-hybridized carbons (Fsp3) is 0.323. The van der Waals surface area contributed by atoms with E-state index in [1.165, 1.54) is 0 Å². The molecule has 7 atom stereocenters. The van der Waals surface area contributed by atoms with Crippen LogP contribution in [0.25, 0.3) is 21.9 Å². The second kappa shape index (κ2) is 7.63. The van der Waals surface area contributed by atoms with Crippen molar-refractivity contribution in [1.29, 1.82) is 0 Å². The predicted octanol–water partition coefficient (Wildman–Crippen LogP) is 5.41. The van der Waals surface area contributed by atoms with Crippen molar-refractivity contribution in [3.8, 4) is 11.1 Å². The lowest BCUT2D eigenvalue weighted by Crippen LogP contribution is -2.41. The maximum absolute atomic E-state index is 13.9. The van der Waals surface area contributed by atoms with Crippen molar-refractivity contribution in [3.05, 3.63) is 83.9 Å². The molecule has 5 heteroatoms. The Labute approximate surface area is 209 Å². The third kappa shape index (κ3) is 2.86. The molecule has 36 heavy (non-hydrogen) atoms. The van der Waals surface area contributed by atoms with E-state index in [2.05, 4.69) is 30.8 Å². The lowest BCUT2D eigenvalue weighted by atomic mass is 9.77. The van der Waals surface area contributed by atoms with Gasteiger partial charge >= 0.3 is 11.9 Å². The Bertz CT molecular complexity index is 1480. The molecule has 3 saturated carbocycles. The Morgan fingerprint density at radius 3 is 2.39 bits per heavy atom. The van der Waals surface area contributed by atoms with E-state index in [1.54, 1.807) is 6.92 Å². The monoisotopic (exact) mass is 478 g/mol. The fourth-order valence-corrected chi connectivity index (χ4v) is 7.55. The second-order valence-corrected chi connectivity index (χ2v) is 10.8. The van der Waals surface area contributed by atoms with E-state index in [0.29, 0.717) is 18.4 Å². The zero-order chi connectivity index (χ0) is 24.7. The highest BCUT2D eigenvalue weighted by Crippen LogP contribution is 2.62. The summed E-state index contributed by atoms with van der Waals surface area (Å²) in [6.07, 6.45) is 0.0783. The molecule has 4 aliphatic carbocycles. The van der Waals surface area contributed by atoms with Crippen LogP contribution in [-0.4, -0.2) is 23.8 Å². The van der Waals surface area contributed by atoms with Crippen molar-refractivity contribution in [3.63, 3.8) is 0 Å². The molecular formula is C31H26O5. The van der Waals surface area contributed by atoms with Crippen molar-refractivity contribution in [1.82, 2.24) is 0 Å². The van der Waals surface area contributed by atoms with Crippen molar-refractivity contribution in [2.24, 2.45) is 29.6 Å². The summed E-state index contributed by atoms with van der Waals surface area (Å²) in [5.74, 6) is -1.79. The number of carbonyl (C=O) groups is 3. The van der Waals surface area contributed by atoms with Crippen LogP contribution in [0, 0.1) is 29.6 Å². The van der Waals surface area contributed by atoms with Gasteiger partial charge in [0, 0.05) is 40.9 Å². The van der Waals surface area contributed by atoms with E-state index in [0.717, 1.165) is 33.0 Å². The maximum Gasteiger partial charge on any atom is 0.333 e. The summed E-state index contributed by atoms with van der Waals surface area (Å²) >= 11 is 0. The number of ketones is 1. The highest BCUT2D eigenvalue weighted by atomic mass is 16.6. The zero-order valence-corrected chi connectivity index (χ0v) is 20.0. The summed E-state index contributed by atoms with van der Waals surface area (Å²) in [6, 6.07) is 20.4. The largest absolute Gasteiger partial charge is 0.458 e. The van der Waals surface area contributed by atoms with Gasteiger partial charge in [0.2, 0.25) is 0 Å². The maximum atomic E-state index is 13.9. The number of ether oxygens (including phenoxy) is 2. The summed E-state index contributed by atoms with van der Waals surface area (Å²) in [5.41, 5.74) is 4.41. The van der Waals surface area contributed by atoms with Gasteiger partial charge in [0.15, 0.2) is 6.10 Å². The molecule has 0 aliphatic heterocycles. The quantitative estimate of drug-likeness (QED) is 0.370. The molecule has 0 aromatic heterocycles. The SMILES string of the molecule is C=C(C)C(=O)OC1C2CC(=O)C3C2CC1C3C(=O)OC1c2ccccc2-c2cccc3cccc1c23. The van der Waals surface area contributed by atoms with E-state index in [9.17, 15) is 14.4 Å². The van der Waals surface area contributed by atoms with Crippen molar-refractivity contribution >= 4 is 28.5 Å². The van der Waals surface area contributed by atoms with Gasteiger partial charge in [-0.3, -0.25) is 9.59 Å². The van der Waals surface area contributed by atoms with Crippen LogP contribution in [0.15, 0.2) is 72.8 Å². The van der Waals surface area contributed by atoms with Gasteiger partial charge in [-0.25, -0.2) is 4.79 Å². The van der Waals surface area contributed by atoms with E-state index < -0.39 is 24.1 Å². The van der Waals surface area contributed by atoms with Crippen molar-refractivity contribution in [2.75, 3.05) is 0 Å². The van der Waals surface area contributed by atoms with Gasteiger partial charge in [0.05, 0.1) is 5.92 Å². The molecule has 0 N–H and O–H groups in total. The first-order chi connectivity index (χ1) is 17.4. The summed E-state index contributed by atoms with van der Waals surface area (Å²) in [4.78, 5) is 39.3. The van der Waals surface area contributed by atoms with Gasteiger partial charge in [-0.1, -0.05) is 67.2 Å². The molecule has 4 aliphatic rings. The average Bonchev–Trinajstić information content (AvgIpc) is 3.50. The first kappa shape index (κ1) is 21.5. The Balaban J connectivity index is 1.27. The summed E-state index contributed by atoms with van der Waals surface area (Å²) in [5, 5.41) is 2.19. The molecule has 5 nitrogen and oxygen atoms in total. The highest BCUT2D eigenvalue weighted by Gasteiger charge is 2.68. The van der Waals surface area contributed by atoms with Gasteiger partial charge in [0.1, 0.15) is 11.9 Å². The van der Waals surface area contributed by atoms with E-state index in [1.807, 2.05) is 36.4 Å². The summed E-state index contributed by atoms with van der Waals surface area (Å²) < 4.78 is 12.2. The predicted molar refractivity (Wildman–Crippen MR) is 134 cm³/mol. The minimum Gasteiger partial charge on any atom is -0.458 e. The van der Waals surface area contributed by atoms with Crippen LogP contribution in [0.2, 0.25) is 0 Å². The zero-order valence-electron chi connectivity index (χ0n) is 20.0. The highest BCUT2D eigenvalue weighted by molar-refractivity contribution is 6.02. The van der Waals surface area contributed by atoms with Gasteiger partial charge in [-0.05, 0) is 41.2 Å². The number of hydrogen-bond acceptors (Lipinski definition) is 5. The molecule has 3 aromatic carbocycles. The van der Waals surface area contributed by atoms with E-state index >= 15 is 0 Å². The van der Waals surface area contributed by atoms with Crippen LogP contribution in [0.5, 0.6) is 0 Å². The number of esters is 2. The number of fused-ring (bicyclic) bond motifs is 3. The number of rotatable bonds is 4. The van der Waals surface area contributed by atoms with Crippen LogP contribution < -0.4 is 0 Å².